The van der Waals surface area contributed by atoms with Crippen LogP contribution in [0, 0.1) is 0 Å². The molecule has 0 radical (unpaired) electrons. The van der Waals surface area contributed by atoms with Gasteiger partial charge in [0, 0.05) is 0 Å². The molecule has 2 rings (SSSR count). The summed E-state index contributed by atoms with van der Waals surface area (Å²) in [6.07, 6.45) is 0. The minimum atomic E-state index is -0.235. The Bertz CT molecular complexity index is 660. The van der Waals surface area contributed by atoms with Crippen LogP contribution in [-0.2, 0) is 4.79 Å². The van der Waals surface area contributed by atoms with E-state index < -0.39 is 0 Å². The van der Waals surface area contributed by atoms with Gasteiger partial charge in [-0.1, -0.05) is 23.7 Å². The Hall–Kier alpha value is -2.40. The van der Waals surface area contributed by atoms with Gasteiger partial charge in [-0.3, -0.25) is 4.79 Å². The monoisotopic (exact) mass is 349 g/mol. The van der Waals surface area contributed by atoms with Gasteiger partial charge in [0.15, 0.2) is 6.61 Å². The number of hydrogen-bond acceptors (Lipinski definition) is 4. The van der Waals surface area contributed by atoms with Crippen LogP contribution in [0.3, 0.4) is 0 Å². The van der Waals surface area contributed by atoms with Crippen molar-refractivity contribution in [2.75, 3.05) is 20.3 Å². The summed E-state index contributed by atoms with van der Waals surface area (Å²) in [6, 6.07) is 14.1. The van der Waals surface area contributed by atoms with Gasteiger partial charge in [0.2, 0.25) is 0 Å². The van der Waals surface area contributed by atoms with Gasteiger partial charge in [0.05, 0.1) is 18.2 Å². The van der Waals surface area contributed by atoms with Gasteiger partial charge >= 0.3 is 0 Å². The van der Waals surface area contributed by atoms with E-state index in [-0.39, 0.29) is 18.6 Å². The highest BCUT2D eigenvalue weighted by molar-refractivity contribution is 6.32. The Morgan fingerprint density at radius 2 is 1.75 bits per heavy atom. The quantitative estimate of drug-likeness (QED) is 0.794. The second-order valence-electron chi connectivity index (χ2n) is 5.17. The van der Waals surface area contributed by atoms with Crippen LogP contribution in [0.25, 0.3) is 0 Å². The van der Waals surface area contributed by atoms with Crippen molar-refractivity contribution in [3.05, 3.63) is 53.6 Å². The van der Waals surface area contributed by atoms with Crippen molar-refractivity contribution in [2.45, 2.75) is 13.0 Å². The van der Waals surface area contributed by atoms with E-state index in [9.17, 15) is 4.79 Å². The number of carbonyl (C=O) groups excluding carboxylic acids is 1. The molecule has 0 aliphatic heterocycles. The van der Waals surface area contributed by atoms with Gasteiger partial charge in [-0.2, -0.15) is 0 Å². The van der Waals surface area contributed by atoms with Crippen molar-refractivity contribution in [3.63, 3.8) is 0 Å². The number of amides is 1. The number of nitrogens with one attached hydrogen (secondary N) is 1. The second kappa shape index (κ2) is 9.03. The number of methoxy groups -OCH3 is 1. The maximum absolute atomic E-state index is 11.9. The molecular weight excluding hydrogens is 330 g/mol. The Balaban J connectivity index is 1.72. The molecule has 1 atom stereocenters. The highest BCUT2D eigenvalue weighted by Gasteiger charge is 2.10. The van der Waals surface area contributed by atoms with Gasteiger partial charge in [-0.25, -0.2) is 0 Å². The van der Waals surface area contributed by atoms with Gasteiger partial charge in [0.25, 0.3) is 5.91 Å². The number of benzene rings is 2. The molecule has 2 aromatic carbocycles. The topological polar surface area (TPSA) is 56.8 Å². The predicted octanol–water partition coefficient (Wildman–Crippen LogP) is 3.31. The fourth-order valence-electron chi connectivity index (χ4n) is 1.96. The number of para-hydroxylation sites is 1. The summed E-state index contributed by atoms with van der Waals surface area (Å²) < 4.78 is 16.1. The van der Waals surface area contributed by atoms with Crippen molar-refractivity contribution < 1.29 is 19.0 Å². The van der Waals surface area contributed by atoms with Gasteiger partial charge in [-0.15, -0.1) is 0 Å². The summed E-state index contributed by atoms with van der Waals surface area (Å²) >= 11 is 5.97. The van der Waals surface area contributed by atoms with E-state index >= 15 is 0 Å². The maximum Gasteiger partial charge on any atom is 0.258 e. The highest BCUT2D eigenvalue weighted by Crippen LogP contribution is 2.22. The number of halogens is 1. The lowest BCUT2D eigenvalue weighted by Gasteiger charge is -2.15. The SMILES string of the molecule is COc1ccc(OC[C@@H](C)NC(=O)COc2ccccc2Cl)cc1. The molecular formula is C18H20ClNO4. The number of ether oxygens (including phenoxy) is 3. The third-order valence-electron chi connectivity index (χ3n) is 3.16. The number of rotatable bonds is 8. The molecule has 2 aromatic rings. The molecule has 6 heteroatoms. The summed E-state index contributed by atoms with van der Waals surface area (Å²) in [5.74, 6) is 1.72. The molecule has 0 bridgehead atoms. The van der Waals surface area contributed by atoms with Crippen LogP contribution in [0.4, 0.5) is 0 Å². The van der Waals surface area contributed by atoms with Crippen LogP contribution in [0.5, 0.6) is 17.2 Å². The van der Waals surface area contributed by atoms with E-state index in [1.54, 1.807) is 31.4 Å². The highest BCUT2D eigenvalue weighted by atomic mass is 35.5. The van der Waals surface area contributed by atoms with E-state index in [2.05, 4.69) is 5.32 Å². The van der Waals surface area contributed by atoms with Crippen LogP contribution >= 0.6 is 11.6 Å². The van der Waals surface area contributed by atoms with Crippen LogP contribution in [0.15, 0.2) is 48.5 Å². The standard InChI is InChI=1S/C18H20ClNO4/c1-13(11-23-15-9-7-14(22-2)8-10-15)20-18(21)12-24-17-6-4-3-5-16(17)19/h3-10,13H,11-12H2,1-2H3,(H,20,21)/t13-/m1/s1. The fourth-order valence-corrected chi connectivity index (χ4v) is 2.15. The Morgan fingerprint density at radius 1 is 1.08 bits per heavy atom. The van der Waals surface area contributed by atoms with Gasteiger partial charge in [-0.05, 0) is 43.3 Å². The smallest absolute Gasteiger partial charge is 0.258 e. The predicted molar refractivity (Wildman–Crippen MR) is 93.0 cm³/mol. The minimum absolute atomic E-state index is 0.101. The molecule has 0 heterocycles. The van der Waals surface area contributed by atoms with E-state index in [0.29, 0.717) is 23.1 Å². The molecule has 0 aliphatic carbocycles. The minimum Gasteiger partial charge on any atom is -0.497 e. The van der Waals surface area contributed by atoms with Crippen molar-refractivity contribution in [1.82, 2.24) is 5.32 Å². The van der Waals surface area contributed by atoms with Crippen molar-refractivity contribution in [3.8, 4) is 17.2 Å². The molecule has 0 saturated heterocycles. The van der Waals surface area contributed by atoms with E-state index in [4.69, 9.17) is 25.8 Å². The summed E-state index contributed by atoms with van der Waals surface area (Å²) in [5.41, 5.74) is 0. The molecule has 128 valence electrons. The lowest BCUT2D eigenvalue weighted by Crippen LogP contribution is -2.39. The van der Waals surface area contributed by atoms with Crippen molar-refractivity contribution >= 4 is 17.5 Å². The molecule has 1 N–H and O–H groups in total. The number of hydrogen-bond donors (Lipinski definition) is 1. The molecule has 0 unspecified atom stereocenters. The summed E-state index contributed by atoms with van der Waals surface area (Å²) in [7, 11) is 1.61. The van der Waals surface area contributed by atoms with Crippen LogP contribution in [-0.4, -0.2) is 32.3 Å². The first-order valence-corrected chi connectivity index (χ1v) is 7.90. The van der Waals surface area contributed by atoms with Crippen molar-refractivity contribution in [2.24, 2.45) is 0 Å². The molecule has 0 saturated carbocycles. The largest absolute Gasteiger partial charge is 0.497 e. The fraction of sp³-hybridized carbons (Fsp3) is 0.278. The van der Waals surface area contributed by atoms with Crippen LogP contribution < -0.4 is 19.5 Å². The summed E-state index contributed by atoms with van der Waals surface area (Å²) in [4.78, 5) is 11.9. The number of carbonyl (C=O) groups is 1. The summed E-state index contributed by atoms with van der Waals surface area (Å²) in [6.45, 7) is 2.11. The Labute approximate surface area is 146 Å². The zero-order chi connectivity index (χ0) is 17.4. The van der Waals surface area contributed by atoms with Gasteiger partial charge < -0.3 is 19.5 Å². The molecule has 0 spiro atoms. The average molecular weight is 350 g/mol. The summed E-state index contributed by atoms with van der Waals surface area (Å²) in [5, 5.41) is 3.28. The van der Waals surface area contributed by atoms with Crippen molar-refractivity contribution in [1.29, 1.82) is 0 Å². The normalized spacial score (nSPS) is 11.5. The molecule has 0 aromatic heterocycles. The zero-order valence-corrected chi connectivity index (χ0v) is 14.4. The first kappa shape index (κ1) is 17.9. The average Bonchev–Trinajstić information content (AvgIpc) is 2.59. The van der Waals surface area contributed by atoms with E-state index in [1.165, 1.54) is 0 Å². The Morgan fingerprint density at radius 3 is 2.42 bits per heavy atom. The lowest BCUT2D eigenvalue weighted by molar-refractivity contribution is -0.123. The Kier molecular flexibility index (Phi) is 6.75. The van der Waals surface area contributed by atoms with Crippen LogP contribution in [0.2, 0.25) is 5.02 Å². The second-order valence-corrected chi connectivity index (χ2v) is 5.58. The first-order chi connectivity index (χ1) is 11.6. The molecule has 24 heavy (non-hydrogen) atoms. The third-order valence-corrected chi connectivity index (χ3v) is 3.47. The van der Waals surface area contributed by atoms with E-state index in [0.717, 1.165) is 5.75 Å². The van der Waals surface area contributed by atoms with Crippen LogP contribution in [0.1, 0.15) is 6.92 Å². The molecule has 5 nitrogen and oxygen atoms in total. The molecule has 0 aliphatic rings. The van der Waals surface area contributed by atoms with Gasteiger partial charge in [0.1, 0.15) is 23.9 Å². The first-order valence-electron chi connectivity index (χ1n) is 7.52. The third kappa shape index (κ3) is 5.66. The maximum atomic E-state index is 11.9. The van der Waals surface area contributed by atoms with E-state index in [1.807, 2.05) is 31.2 Å². The zero-order valence-electron chi connectivity index (χ0n) is 13.6. The molecule has 1 amide bonds. The lowest BCUT2D eigenvalue weighted by atomic mass is 10.3. The molecule has 0 fully saturated rings.